The number of pyridine rings is 1. The van der Waals surface area contributed by atoms with Crippen LogP contribution >= 0.6 is 15.9 Å². The fraction of sp³-hybridized carbons (Fsp3) is 0.0667. The fourth-order valence-corrected chi connectivity index (χ4v) is 2.50. The molecule has 0 radical (unpaired) electrons. The van der Waals surface area contributed by atoms with E-state index in [1.165, 1.54) is 0 Å². The van der Waals surface area contributed by atoms with E-state index >= 15 is 0 Å². The van der Waals surface area contributed by atoms with Crippen LogP contribution in [0, 0.1) is 6.92 Å². The van der Waals surface area contributed by atoms with E-state index in [1.807, 2.05) is 31.2 Å². The third kappa shape index (κ3) is 2.50. The summed E-state index contributed by atoms with van der Waals surface area (Å²) in [7, 11) is 0. The van der Waals surface area contributed by atoms with Crippen molar-refractivity contribution in [2.45, 2.75) is 6.92 Å². The van der Waals surface area contributed by atoms with E-state index in [0.717, 1.165) is 15.7 Å². The Hall–Kier alpha value is -2.34. The Kier molecular flexibility index (Phi) is 3.39. The lowest BCUT2D eigenvalue weighted by Gasteiger charge is -2.08. The third-order valence-electron chi connectivity index (χ3n) is 3.19. The van der Waals surface area contributed by atoms with E-state index in [-0.39, 0.29) is 5.69 Å². The van der Waals surface area contributed by atoms with Gasteiger partial charge in [-0.05, 0) is 36.8 Å². The van der Waals surface area contributed by atoms with Gasteiger partial charge in [0.25, 0.3) is 0 Å². The number of benzene rings is 1. The van der Waals surface area contributed by atoms with Crippen LogP contribution in [0.15, 0.2) is 47.1 Å². The van der Waals surface area contributed by atoms with E-state index in [1.54, 1.807) is 22.7 Å². The zero-order valence-electron chi connectivity index (χ0n) is 11.2. The van der Waals surface area contributed by atoms with Crippen molar-refractivity contribution in [1.29, 1.82) is 0 Å². The van der Waals surface area contributed by atoms with Crippen molar-refractivity contribution < 1.29 is 9.90 Å². The molecule has 0 aliphatic rings. The highest BCUT2D eigenvalue weighted by Crippen LogP contribution is 2.26. The molecule has 2 N–H and O–H groups in total. The first-order valence-corrected chi connectivity index (χ1v) is 7.09. The van der Waals surface area contributed by atoms with Crippen molar-refractivity contribution in [3.05, 3.63) is 58.3 Å². The zero-order valence-corrected chi connectivity index (χ0v) is 12.8. The Morgan fingerprint density at radius 2 is 2.14 bits per heavy atom. The molecule has 5 nitrogen and oxygen atoms in total. The summed E-state index contributed by atoms with van der Waals surface area (Å²) < 4.78 is 2.47. The molecule has 0 amide bonds. The van der Waals surface area contributed by atoms with Gasteiger partial charge in [-0.2, -0.15) is 0 Å². The Morgan fingerprint density at radius 1 is 1.33 bits per heavy atom. The van der Waals surface area contributed by atoms with Gasteiger partial charge >= 0.3 is 5.97 Å². The van der Waals surface area contributed by atoms with Crippen LogP contribution in [0.1, 0.15) is 16.1 Å². The van der Waals surface area contributed by atoms with Crippen molar-refractivity contribution >= 4 is 39.1 Å². The van der Waals surface area contributed by atoms with Crippen molar-refractivity contribution in [2.75, 3.05) is 5.32 Å². The van der Waals surface area contributed by atoms with E-state index in [9.17, 15) is 9.90 Å². The predicted octanol–water partition coefficient (Wildman–Crippen LogP) is 3.85. The van der Waals surface area contributed by atoms with Gasteiger partial charge < -0.3 is 10.4 Å². The van der Waals surface area contributed by atoms with E-state index < -0.39 is 5.97 Å². The van der Waals surface area contributed by atoms with Crippen LogP contribution in [0.3, 0.4) is 0 Å². The van der Waals surface area contributed by atoms with E-state index in [0.29, 0.717) is 11.5 Å². The summed E-state index contributed by atoms with van der Waals surface area (Å²) in [6.45, 7) is 1.95. The largest absolute Gasteiger partial charge is 0.476 e. The first kappa shape index (κ1) is 13.6. The maximum absolute atomic E-state index is 11.5. The summed E-state index contributed by atoms with van der Waals surface area (Å²) in [5.74, 6) is -0.696. The minimum absolute atomic E-state index is 0.116. The van der Waals surface area contributed by atoms with E-state index in [4.69, 9.17) is 0 Å². The quantitative estimate of drug-likeness (QED) is 0.756. The van der Waals surface area contributed by atoms with Crippen LogP contribution in [0.2, 0.25) is 0 Å². The number of carboxylic acids is 1. The van der Waals surface area contributed by atoms with Crippen molar-refractivity contribution in [3.8, 4) is 0 Å². The number of nitrogens with one attached hydrogen (secondary N) is 1. The molecule has 0 unspecified atom stereocenters. The summed E-state index contributed by atoms with van der Waals surface area (Å²) in [5, 5.41) is 12.6. The van der Waals surface area contributed by atoms with Gasteiger partial charge in [0.15, 0.2) is 11.5 Å². The second-order valence-electron chi connectivity index (χ2n) is 4.63. The number of halogens is 1. The normalized spacial score (nSPS) is 10.8. The summed E-state index contributed by atoms with van der Waals surface area (Å²) in [4.78, 5) is 15.9. The summed E-state index contributed by atoms with van der Waals surface area (Å²) in [6.07, 6.45) is 1.69. The number of aromatic nitrogens is 2. The lowest BCUT2D eigenvalue weighted by atomic mass is 10.2. The molecule has 21 heavy (non-hydrogen) atoms. The van der Waals surface area contributed by atoms with Gasteiger partial charge in [-0.1, -0.05) is 28.1 Å². The topological polar surface area (TPSA) is 66.6 Å². The van der Waals surface area contributed by atoms with Crippen LogP contribution in [0.4, 0.5) is 11.5 Å². The molecule has 0 aliphatic carbocycles. The summed E-state index contributed by atoms with van der Waals surface area (Å²) in [6, 6.07) is 11.1. The molecule has 0 aliphatic heterocycles. The van der Waals surface area contributed by atoms with Gasteiger partial charge in [0.1, 0.15) is 5.65 Å². The molecule has 0 atom stereocenters. The maximum Gasteiger partial charge on any atom is 0.356 e. The Balaban J connectivity index is 2.14. The Bertz CT molecular complexity index is 842. The number of hydrogen-bond acceptors (Lipinski definition) is 3. The van der Waals surface area contributed by atoms with Crippen LogP contribution < -0.4 is 5.32 Å². The zero-order chi connectivity index (χ0) is 15.0. The fourth-order valence-electron chi connectivity index (χ4n) is 2.14. The van der Waals surface area contributed by atoms with Gasteiger partial charge in [0.2, 0.25) is 0 Å². The second kappa shape index (κ2) is 5.21. The molecule has 0 saturated carbocycles. The lowest BCUT2D eigenvalue weighted by molar-refractivity contribution is 0.0690. The van der Waals surface area contributed by atoms with Gasteiger partial charge in [0.05, 0.1) is 0 Å². The number of rotatable bonds is 3. The number of fused-ring (bicyclic) bond motifs is 1. The molecule has 6 heteroatoms. The van der Waals surface area contributed by atoms with E-state index in [2.05, 4.69) is 26.2 Å². The number of anilines is 2. The molecule has 0 saturated heterocycles. The number of nitrogens with zero attached hydrogens (tertiary/aromatic N) is 2. The number of carboxylic acid groups (broad SMARTS) is 1. The minimum atomic E-state index is -1.02. The first-order chi connectivity index (χ1) is 10.1. The molecule has 0 bridgehead atoms. The molecule has 0 spiro atoms. The van der Waals surface area contributed by atoms with Crippen molar-refractivity contribution in [2.24, 2.45) is 0 Å². The average molecular weight is 346 g/mol. The molecule has 1 aromatic carbocycles. The minimum Gasteiger partial charge on any atom is -0.476 e. The van der Waals surface area contributed by atoms with Gasteiger partial charge in [-0.3, -0.25) is 4.40 Å². The average Bonchev–Trinajstić information content (AvgIpc) is 2.80. The first-order valence-electron chi connectivity index (χ1n) is 6.30. The summed E-state index contributed by atoms with van der Waals surface area (Å²) >= 11 is 3.41. The number of aromatic carboxylic acids is 1. The molecular formula is C15H12BrN3O2. The Morgan fingerprint density at radius 3 is 2.90 bits per heavy atom. The number of aryl methyl sites for hydroxylation is 1. The predicted molar refractivity (Wildman–Crippen MR) is 84.3 cm³/mol. The highest BCUT2D eigenvalue weighted by atomic mass is 79.9. The van der Waals surface area contributed by atoms with Crippen LogP contribution in [0.5, 0.6) is 0 Å². The standard InChI is InChI=1S/C15H12BrN3O2/c1-9-5-6-10(16)8-11(9)17-14-13(15(20)21)19-7-3-2-4-12(19)18-14/h2-8,17H,1H3,(H,20,21). The molecule has 3 aromatic rings. The Labute approximate surface area is 129 Å². The maximum atomic E-state index is 11.5. The van der Waals surface area contributed by atoms with Gasteiger partial charge in [-0.25, -0.2) is 9.78 Å². The highest BCUT2D eigenvalue weighted by Gasteiger charge is 2.18. The number of carbonyl (C=O) groups is 1. The van der Waals surface area contributed by atoms with Crippen LogP contribution in [0.25, 0.3) is 5.65 Å². The monoisotopic (exact) mass is 345 g/mol. The number of hydrogen-bond donors (Lipinski definition) is 2. The van der Waals surface area contributed by atoms with Gasteiger partial charge in [0, 0.05) is 16.4 Å². The molecule has 106 valence electrons. The molecule has 3 rings (SSSR count). The highest BCUT2D eigenvalue weighted by molar-refractivity contribution is 9.10. The number of imidazole rings is 1. The van der Waals surface area contributed by atoms with Crippen molar-refractivity contribution in [1.82, 2.24) is 9.38 Å². The molecule has 2 heterocycles. The second-order valence-corrected chi connectivity index (χ2v) is 5.54. The SMILES string of the molecule is Cc1ccc(Br)cc1Nc1nc2ccccn2c1C(=O)O. The van der Waals surface area contributed by atoms with Gasteiger partial charge in [-0.15, -0.1) is 0 Å². The van der Waals surface area contributed by atoms with Crippen LogP contribution in [-0.4, -0.2) is 20.5 Å². The lowest BCUT2D eigenvalue weighted by Crippen LogP contribution is -2.05. The van der Waals surface area contributed by atoms with Crippen molar-refractivity contribution in [3.63, 3.8) is 0 Å². The molecule has 0 fully saturated rings. The molecular weight excluding hydrogens is 334 g/mol. The third-order valence-corrected chi connectivity index (χ3v) is 3.68. The smallest absolute Gasteiger partial charge is 0.356 e. The van der Waals surface area contributed by atoms with Crippen LogP contribution in [-0.2, 0) is 0 Å². The summed E-state index contributed by atoms with van der Waals surface area (Å²) in [5.41, 5.74) is 2.52. The molecule has 2 aromatic heterocycles.